The summed E-state index contributed by atoms with van der Waals surface area (Å²) in [5, 5.41) is 4.81. The third-order valence-corrected chi connectivity index (χ3v) is 6.50. The van der Waals surface area contributed by atoms with Gasteiger partial charge in [0.15, 0.2) is 5.82 Å². The number of sulfonamides is 1. The minimum absolute atomic E-state index is 0.0975. The second-order valence-electron chi connectivity index (χ2n) is 6.26. The summed E-state index contributed by atoms with van der Waals surface area (Å²) in [6.45, 7) is 1.75. The Morgan fingerprint density at radius 1 is 1.00 bits per heavy atom. The molecule has 0 saturated heterocycles. The molecule has 0 spiro atoms. The van der Waals surface area contributed by atoms with E-state index in [0.29, 0.717) is 22.7 Å². The van der Waals surface area contributed by atoms with Gasteiger partial charge in [-0.1, -0.05) is 46.9 Å². The Hall–Kier alpha value is -2.52. The van der Waals surface area contributed by atoms with Gasteiger partial charge in [0, 0.05) is 5.69 Å². The van der Waals surface area contributed by atoms with Crippen LogP contribution in [0, 0.1) is 0 Å². The number of nitrogens with one attached hydrogen (secondary N) is 2. The first-order chi connectivity index (χ1) is 14.7. The Morgan fingerprint density at radius 3 is 2.26 bits per heavy atom. The predicted molar refractivity (Wildman–Crippen MR) is 125 cm³/mol. The van der Waals surface area contributed by atoms with Crippen molar-refractivity contribution in [3.8, 4) is 5.75 Å². The second kappa shape index (κ2) is 9.74. The zero-order valence-corrected chi connectivity index (χ0v) is 19.4. The lowest BCUT2D eigenvalue weighted by atomic mass is 10.1. The van der Waals surface area contributed by atoms with Crippen molar-refractivity contribution in [1.82, 2.24) is 4.98 Å². The predicted octanol–water partition coefficient (Wildman–Crippen LogP) is 5.69. The molecular weight excluding hydrogens is 483 g/mol. The van der Waals surface area contributed by atoms with Crippen LogP contribution < -0.4 is 14.9 Å². The molecule has 0 unspecified atom stereocenters. The average molecular weight is 500 g/mol. The fourth-order valence-electron chi connectivity index (χ4n) is 2.47. The van der Waals surface area contributed by atoms with E-state index in [4.69, 9.17) is 39.5 Å². The fourth-order valence-corrected chi connectivity index (χ4v) is 4.07. The summed E-state index contributed by atoms with van der Waals surface area (Å²) in [7, 11) is -2.21. The van der Waals surface area contributed by atoms with Gasteiger partial charge in [-0.2, -0.15) is 5.10 Å². The van der Waals surface area contributed by atoms with E-state index < -0.39 is 10.0 Å². The highest BCUT2D eigenvalue weighted by Crippen LogP contribution is 2.29. The largest absolute Gasteiger partial charge is 0.497 e. The zero-order chi connectivity index (χ0) is 22.6. The van der Waals surface area contributed by atoms with Gasteiger partial charge in [0.25, 0.3) is 10.0 Å². The third-order valence-electron chi connectivity index (χ3n) is 4.14. The van der Waals surface area contributed by atoms with Crippen molar-refractivity contribution in [2.75, 3.05) is 17.3 Å². The molecule has 0 radical (unpaired) electrons. The van der Waals surface area contributed by atoms with Crippen molar-refractivity contribution in [2.45, 2.75) is 11.8 Å². The minimum atomic E-state index is -3.75. The van der Waals surface area contributed by atoms with E-state index in [-0.39, 0.29) is 25.9 Å². The Labute approximate surface area is 195 Å². The number of ether oxygens (including phenoxy) is 1. The van der Waals surface area contributed by atoms with Gasteiger partial charge in [0.2, 0.25) is 0 Å². The number of hydrogen-bond donors (Lipinski definition) is 2. The van der Waals surface area contributed by atoms with E-state index in [1.807, 2.05) is 0 Å². The van der Waals surface area contributed by atoms with Gasteiger partial charge >= 0.3 is 0 Å². The number of rotatable bonds is 7. The second-order valence-corrected chi connectivity index (χ2v) is 9.11. The first-order valence-electron chi connectivity index (χ1n) is 8.79. The topological polar surface area (TPSA) is 92.7 Å². The molecule has 1 heterocycles. The molecule has 0 atom stereocenters. The lowest BCUT2D eigenvalue weighted by Crippen LogP contribution is -2.13. The zero-order valence-electron chi connectivity index (χ0n) is 16.4. The number of aromatic nitrogens is 1. The van der Waals surface area contributed by atoms with Crippen molar-refractivity contribution in [3.05, 3.63) is 75.4 Å². The molecule has 2 N–H and O–H groups in total. The molecule has 0 aliphatic carbocycles. The third kappa shape index (κ3) is 5.80. The van der Waals surface area contributed by atoms with Gasteiger partial charge in [-0.15, -0.1) is 0 Å². The first kappa shape index (κ1) is 23.1. The average Bonchev–Trinajstić information content (AvgIpc) is 2.75. The molecule has 31 heavy (non-hydrogen) atoms. The van der Waals surface area contributed by atoms with Crippen molar-refractivity contribution < 1.29 is 13.2 Å². The normalized spacial score (nSPS) is 11.8. The Balaban J connectivity index is 1.73. The quantitative estimate of drug-likeness (QED) is 0.248. The number of hydrogen-bond acceptors (Lipinski definition) is 6. The summed E-state index contributed by atoms with van der Waals surface area (Å²) >= 11 is 17.8. The molecule has 162 valence electrons. The van der Waals surface area contributed by atoms with Gasteiger partial charge in [-0.05, 0) is 55.0 Å². The lowest BCUT2D eigenvalue weighted by molar-refractivity contribution is 0.415. The molecule has 0 aliphatic heterocycles. The highest BCUT2D eigenvalue weighted by Gasteiger charge is 2.14. The number of anilines is 2. The lowest BCUT2D eigenvalue weighted by Gasteiger charge is -2.10. The molecule has 3 aromatic rings. The summed E-state index contributed by atoms with van der Waals surface area (Å²) in [5.41, 5.74) is 4.44. The number of hydrazone groups is 1. The molecule has 11 heteroatoms. The SMILES string of the molecule is COc1ccc(NS(=O)(=O)c2ccc(/C(C)=N\Nc3nc(Cl)c(Cl)cc3Cl)cc2)cc1. The van der Waals surface area contributed by atoms with E-state index in [9.17, 15) is 8.42 Å². The molecule has 3 rings (SSSR count). The smallest absolute Gasteiger partial charge is 0.261 e. The van der Waals surface area contributed by atoms with Gasteiger partial charge in [-0.25, -0.2) is 13.4 Å². The molecule has 0 amide bonds. The summed E-state index contributed by atoms with van der Waals surface area (Å²) < 4.78 is 32.8. The number of methoxy groups -OCH3 is 1. The summed E-state index contributed by atoms with van der Waals surface area (Å²) in [6, 6.07) is 14.3. The summed E-state index contributed by atoms with van der Waals surface area (Å²) in [5.74, 6) is 0.881. The van der Waals surface area contributed by atoms with Crippen LogP contribution in [0.4, 0.5) is 11.5 Å². The molecule has 0 fully saturated rings. The molecule has 0 bridgehead atoms. The molecule has 2 aromatic carbocycles. The highest BCUT2D eigenvalue weighted by atomic mass is 35.5. The van der Waals surface area contributed by atoms with Crippen LogP contribution >= 0.6 is 34.8 Å². The van der Waals surface area contributed by atoms with E-state index >= 15 is 0 Å². The number of benzene rings is 2. The Morgan fingerprint density at radius 2 is 1.65 bits per heavy atom. The fraction of sp³-hybridized carbons (Fsp3) is 0.100. The van der Waals surface area contributed by atoms with Crippen LogP contribution in [0.3, 0.4) is 0 Å². The van der Waals surface area contributed by atoms with E-state index in [0.717, 1.165) is 0 Å². The van der Waals surface area contributed by atoms with Gasteiger partial charge in [0.05, 0.1) is 27.8 Å². The Kier molecular flexibility index (Phi) is 7.27. The first-order valence-corrected chi connectivity index (χ1v) is 11.4. The maximum atomic E-state index is 12.6. The number of nitrogens with zero attached hydrogens (tertiary/aromatic N) is 2. The number of pyridine rings is 1. The van der Waals surface area contributed by atoms with Crippen molar-refractivity contribution in [3.63, 3.8) is 0 Å². The van der Waals surface area contributed by atoms with Gasteiger partial charge in [0.1, 0.15) is 10.9 Å². The van der Waals surface area contributed by atoms with Crippen LogP contribution in [0.15, 0.2) is 64.6 Å². The number of halogens is 3. The van der Waals surface area contributed by atoms with Crippen LogP contribution in [0.2, 0.25) is 15.2 Å². The summed E-state index contributed by atoms with van der Waals surface area (Å²) in [4.78, 5) is 4.14. The van der Waals surface area contributed by atoms with E-state index in [2.05, 4.69) is 20.2 Å². The standard InChI is InChI=1S/C20H17Cl3N4O3S/c1-12(25-26-20-18(22)11-17(21)19(23)24-20)13-3-9-16(10-4-13)31(28,29)27-14-5-7-15(30-2)8-6-14/h3-11,27H,1-2H3,(H,24,26)/b25-12-. The Bertz CT molecular complexity index is 1220. The maximum Gasteiger partial charge on any atom is 0.261 e. The van der Waals surface area contributed by atoms with Crippen molar-refractivity contribution in [2.24, 2.45) is 5.10 Å². The van der Waals surface area contributed by atoms with Crippen molar-refractivity contribution in [1.29, 1.82) is 0 Å². The molecule has 0 saturated carbocycles. The van der Waals surface area contributed by atoms with Gasteiger partial charge in [-0.3, -0.25) is 10.1 Å². The molecule has 1 aromatic heterocycles. The van der Waals surface area contributed by atoms with Crippen LogP contribution in [-0.4, -0.2) is 26.2 Å². The van der Waals surface area contributed by atoms with E-state index in [1.165, 1.54) is 25.3 Å². The van der Waals surface area contributed by atoms with Crippen LogP contribution in [-0.2, 0) is 10.0 Å². The molecule has 0 aliphatic rings. The van der Waals surface area contributed by atoms with Crippen LogP contribution in [0.25, 0.3) is 0 Å². The molecular formula is C20H17Cl3N4O3S. The maximum absolute atomic E-state index is 12.6. The van der Waals surface area contributed by atoms with Crippen molar-refractivity contribution >= 4 is 62.0 Å². The van der Waals surface area contributed by atoms with Crippen LogP contribution in [0.1, 0.15) is 12.5 Å². The van der Waals surface area contributed by atoms with Crippen LogP contribution in [0.5, 0.6) is 5.75 Å². The monoisotopic (exact) mass is 498 g/mol. The minimum Gasteiger partial charge on any atom is -0.497 e. The highest BCUT2D eigenvalue weighted by molar-refractivity contribution is 7.92. The van der Waals surface area contributed by atoms with E-state index in [1.54, 1.807) is 43.3 Å². The van der Waals surface area contributed by atoms with Gasteiger partial charge < -0.3 is 4.74 Å². The molecule has 7 nitrogen and oxygen atoms in total. The summed E-state index contributed by atoms with van der Waals surface area (Å²) in [6.07, 6.45) is 0.